The van der Waals surface area contributed by atoms with Crippen LogP contribution in [0.4, 0.5) is 4.39 Å². The third-order valence-electron chi connectivity index (χ3n) is 5.71. The fraction of sp³-hybridized carbons (Fsp3) is 0.280. The first kappa shape index (κ1) is 22.4. The van der Waals surface area contributed by atoms with Crippen molar-refractivity contribution in [2.45, 2.75) is 25.3 Å². The zero-order chi connectivity index (χ0) is 23.2. The molecule has 1 aliphatic heterocycles. The van der Waals surface area contributed by atoms with E-state index in [-0.39, 0.29) is 30.1 Å². The van der Waals surface area contributed by atoms with Gasteiger partial charge in [0, 0.05) is 36.3 Å². The summed E-state index contributed by atoms with van der Waals surface area (Å²) in [5, 5.41) is 11.2. The van der Waals surface area contributed by atoms with E-state index in [0.717, 1.165) is 5.56 Å². The van der Waals surface area contributed by atoms with Crippen LogP contribution in [0.2, 0.25) is 0 Å². The van der Waals surface area contributed by atoms with Crippen LogP contribution in [-0.4, -0.2) is 53.2 Å². The summed E-state index contributed by atoms with van der Waals surface area (Å²) in [6.07, 6.45) is 1.55. The Hall–Kier alpha value is -3.81. The molecule has 8 heteroatoms. The summed E-state index contributed by atoms with van der Waals surface area (Å²) in [4.78, 5) is 27.4. The Balaban J connectivity index is 1.36. The second kappa shape index (κ2) is 10.2. The Bertz CT molecular complexity index is 1110. The molecular formula is C25H25FN4O3. The van der Waals surface area contributed by atoms with E-state index >= 15 is 0 Å². The number of ether oxygens (including phenoxy) is 1. The van der Waals surface area contributed by atoms with Crippen LogP contribution in [0, 0.1) is 5.82 Å². The van der Waals surface area contributed by atoms with Gasteiger partial charge in [-0.1, -0.05) is 30.3 Å². The number of hydrogen-bond acceptors (Lipinski definition) is 5. The SMILES string of the molecule is COc1ccc(-c2ccccc2C(=O)N2CCC(NC(=O)Cc3ccc(F)cc3)CC2)nn1. The van der Waals surface area contributed by atoms with Crippen molar-refractivity contribution in [3.05, 3.63) is 77.6 Å². The molecule has 170 valence electrons. The van der Waals surface area contributed by atoms with E-state index in [1.165, 1.54) is 19.2 Å². The molecule has 0 aliphatic carbocycles. The molecule has 2 aromatic carbocycles. The topological polar surface area (TPSA) is 84.4 Å². The molecule has 1 saturated heterocycles. The lowest BCUT2D eigenvalue weighted by molar-refractivity contribution is -0.121. The van der Waals surface area contributed by atoms with Crippen molar-refractivity contribution in [3.8, 4) is 17.1 Å². The molecule has 0 bridgehead atoms. The number of piperidine rings is 1. The highest BCUT2D eigenvalue weighted by Gasteiger charge is 2.26. The van der Waals surface area contributed by atoms with Gasteiger partial charge in [0.2, 0.25) is 11.8 Å². The number of methoxy groups -OCH3 is 1. The quantitative estimate of drug-likeness (QED) is 0.626. The van der Waals surface area contributed by atoms with Gasteiger partial charge in [-0.2, -0.15) is 0 Å². The van der Waals surface area contributed by atoms with Gasteiger partial charge in [0.05, 0.1) is 19.2 Å². The van der Waals surface area contributed by atoms with E-state index < -0.39 is 0 Å². The number of aromatic nitrogens is 2. The Morgan fingerprint density at radius 1 is 1.03 bits per heavy atom. The fourth-order valence-electron chi connectivity index (χ4n) is 3.93. The molecule has 0 saturated carbocycles. The zero-order valence-electron chi connectivity index (χ0n) is 18.3. The van der Waals surface area contributed by atoms with Crippen molar-refractivity contribution >= 4 is 11.8 Å². The normalized spacial score (nSPS) is 14.1. The van der Waals surface area contributed by atoms with Crippen LogP contribution < -0.4 is 10.1 Å². The van der Waals surface area contributed by atoms with E-state index in [4.69, 9.17) is 4.74 Å². The number of halogens is 1. The predicted octanol–water partition coefficient (Wildman–Crippen LogP) is 3.25. The van der Waals surface area contributed by atoms with Crippen molar-refractivity contribution in [3.63, 3.8) is 0 Å². The molecule has 7 nitrogen and oxygen atoms in total. The summed E-state index contributed by atoms with van der Waals surface area (Å²) in [5.41, 5.74) is 2.64. The number of benzene rings is 2. The van der Waals surface area contributed by atoms with Crippen LogP contribution in [0.25, 0.3) is 11.3 Å². The second-order valence-electron chi connectivity index (χ2n) is 7.94. The standard InChI is InChI=1S/C25H25FN4O3/c1-33-24-11-10-22(28-29-24)20-4-2-3-5-21(20)25(32)30-14-12-19(13-15-30)27-23(31)16-17-6-8-18(26)9-7-17/h2-11,19H,12-16H2,1H3,(H,27,31). The first-order valence-electron chi connectivity index (χ1n) is 10.8. The number of hydrogen-bond donors (Lipinski definition) is 1. The lowest BCUT2D eigenvalue weighted by atomic mass is 10.00. The predicted molar refractivity (Wildman–Crippen MR) is 121 cm³/mol. The maximum absolute atomic E-state index is 13.2. The first-order valence-corrected chi connectivity index (χ1v) is 10.8. The van der Waals surface area contributed by atoms with E-state index in [1.807, 2.05) is 18.2 Å². The highest BCUT2D eigenvalue weighted by atomic mass is 19.1. The van der Waals surface area contributed by atoms with Crippen molar-refractivity contribution in [2.75, 3.05) is 20.2 Å². The Morgan fingerprint density at radius 3 is 2.42 bits per heavy atom. The van der Waals surface area contributed by atoms with Crippen LogP contribution in [0.3, 0.4) is 0 Å². The summed E-state index contributed by atoms with van der Waals surface area (Å²) in [6.45, 7) is 1.09. The molecular weight excluding hydrogens is 423 g/mol. The molecule has 2 amide bonds. The highest BCUT2D eigenvalue weighted by Crippen LogP contribution is 2.25. The Labute approximate surface area is 191 Å². The molecule has 0 unspecified atom stereocenters. The number of likely N-dealkylation sites (tertiary alicyclic amines) is 1. The molecule has 1 N–H and O–H groups in total. The van der Waals surface area contributed by atoms with Gasteiger partial charge in [0.15, 0.2) is 0 Å². The van der Waals surface area contributed by atoms with E-state index in [2.05, 4.69) is 15.5 Å². The number of amides is 2. The van der Waals surface area contributed by atoms with Gasteiger partial charge in [-0.3, -0.25) is 9.59 Å². The maximum Gasteiger partial charge on any atom is 0.254 e. The minimum absolute atomic E-state index is 0.00435. The summed E-state index contributed by atoms with van der Waals surface area (Å²) in [5.74, 6) is -0.0861. The first-order chi connectivity index (χ1) is 16.0. The summed E-state index contributed by atoms with van der Waals surface area (Å²) in [7, 11) is 1.52. The van der Waals surface area contributed by atoms with Gasteiger partial charge < -0.3 is 15.0 Å². The Morgan fingerprint density at radius 2 is 1.76 bits per heavy atom. The maximum atomic E-state index is 13.2. The lowest BCUT2D eigenvalue weighted by Gasteiger charge is -2.33. The zero-order valence-corrected chi connectivity index (χ0v) is 18.3. The molecule has 4 rings (SSSR count). The van der Waals surface area contributed by atoms with Crippen molar-refractivity contribution in [1.82, 2.24) is 20.4 Å². The lowest BCUT2D eigenvalue weighted by Crippen LogP contribution is -2.47. The van der Waals surface area contributed by atoms with Gasteiger partial charge in [-0.05, 0) is 42.7 Å². The third kappa shape index (κ3) is 5.52. The average molecular weight is 448 g/mol. The van der Waals surface area contributed by atoms with Crippen molar-refractivity contribution in [2.24, 2.45) is 0 Å². The van der Waals surface area contributed by atoms with Gasteiger partial charge in [0.1, 0.15) is 5.82 Å². The minimum Gasteiger partial charge on any atom is -0.480 e. The summed E-state index contributed by atoms with van der Waals surface area (Å²) < 4.78 is 18.1. The van der Waals surface area contributed by atoms with E-state index in [0.29, 0.717) is 48.6 Å². The smallest absolute Gasteiger partial charge is 0.254 e. The number of carbonyl (C=O) groups is 2. The molecule has 1 aromatic heterocycles. The van der Waals surface area contributed by atoms with Gasteiger partial charge >= 0.3 is 0 Å². The van der Waals surface area contributed by atoms with E-state index in [9.17, 15) is 14.0 Å². The number of rotatable bonds is 6. The molecule has 2 heterocycles. The van der Waals surface area contributed by atoms with Crippen molar-refractivity contribution in [1.29, 1.82) is 0 Å². The van der Waals surface area contributed by atoms with Crippen molar-refractivity contribution < 1.29 is 18.7 Å². The molecule has 33 heavy (non-hydrogen) atoms. The summed E-state index contributed by atoms with van der Waals surface area (Å²) >= 11 is 0. The Kier molecular flexibility index (Phi) is 6.92. The monoisotopic (exact) mass is 448 g/mol. The average Bonchev–Trinajstić information content (AvgIpc) is 2.85. The van der Waals surface area contributed by atoms with Gasteiger partial charge in [-0.25, -0.2) is 4.39 Å². The number of nitrogens with one attached hydrogen (secondary N) is 1. The van der Waals surface area contributed by atoms with Crippen LogP contribution in [-0.2, 0) is 11.2 Å². The summed E-state index contributed by atoms with van der Waals surface area (Å²) in [6, 6.07) is 16.8. The molecule has 1 aliphatic rings. The largest absolute Gasteiger partial charge is 0.480 e. The third-order valence-corrected chi connectivity index (χ3v) is 5.71. The fourth-order valence-corrected chi connectivity index (χ4v) is 3.93. The second-order valence-corrected chi connectivity index (χ2v) is 7.94. The molecule has 0 radical (unpaired) electrons. The molecule has 0 atom stereocenters. The van der Waals surface area contributed by atoms with Crippen LogP contribution in [0.1, 0.15) is 28.8 Å². The minimum atomic E-state index is -0.322. The molecule has 0 spiro atoms. The molecule has 3 aromatic rings. The number of nitrogens with zero attached hydrogens (tertiary/aromatic N) is 3. The van der Waals surface area contributed by atoms with Gasteiger partial charge in [-0.15, -0.1) is 10.2 Å². The van der Waals surface area contributed by atoms with E-state index in [1.54, 1.807) is 35.2 Å². The van der Waals surface area contributed by atoms with Crippen LogP contribution in [0.5, 0.6) is 5.88 Å². The van der Waals surface area contributed by atoms with Crippen LogP contribution in [0.15, 0.2) is 60.7 Å². The van der Waals surface area contributed by atoms with Crippen LogP contribution >= 0.6 is 0 Å². The van der Waals surface area contributed by atoms with Gasteiger partial charge in [0.25, 0.3) is 5.91 Å². The number of carbonyl (C=O) groups excluding carboxylic acids is 2. The molecule has 1 fully saturated rings. The highest BCUT2D eigenvalue weighted by molar-refractivity contribution is 6.00.